The largest absolute Gasteiger partial charge is 0.380 e. The summed E-state index contributed by atoms with van der Waals surface area (Å²) in [6, 6.07) is 10.1. The first-order chi connectivity index (χ1) is 6.86. The van der Waals surface area contributed by atoms with Gasteiger partial charge in [0.05, 0.1) is 11.7 Å². The molecule has 4 nitrogen and oxygen atoms in total. The maximum atomic E-state index is 5.58. The molecule has 0 radical (unpaired) electrons. The number of benzene rings is 1. The zero-order chi connectivity index (χ0) is 9.80. The minimum atomic E-state index is 0.464. The van der Waals surface area contributed by atoms with E-state index in [2.05, 4.69) is 14.1 Å². The summed E-state index contributed by atoms with van der Waals surface area (Å²) in [5.74, 6) is 1.13. The molecule has 2 rings (SSSR count). The normalized spacial score (nSPS) is 10.0. The van der Waals surface area contributed by atoms with Crippen molar-refractivity contribution in [3.8, 4) is 0 Å². The number of nitrogens with two attached hydrogens (primary N) is 1. The molecule has 0 fully saturated rings. The van der Waals surface area contributed by atoms with Crippen molar-refractivity contribution in [2.24, 2.45) is 0 Å². The Balaban J connectivity index is 1.99. The topological polar surface area (TPSA) is 63.8 Å². The van der Waals surface area contributed by atoms with Gasteiger partial charge in [-0.1, -0.05) is 30.3 Å². The van der Waals surface area contributed by atoms with E-state index in [1.807, 2.05) is 30.3 Å². The Morgan fingerprint density at radius 1 is 1.21 bits per heavy atom. The van der Waals surface area contributed by atoms with Crippen LogP contribution < -0.4 is 11.1 Å². The third kappa shape index (κ3) is 2.00. The molecule has 0 aliphatic heterocycles. The Bertz CT molecular complexity index is 398. The quantitative estimate of drug-likeness (QED) is 0.802. The maximum Gasteiger partial charge on any atom is 0.184 e. The molecule has 2 aromatic rings. The Kier molecular flexibility index (Phi) is 2.60. The molecular weight excluding hydrogens is 196 g/mol. The van der Waals surface area contributed by atoms with Gasteiger partial charge in [-0.3, -0.25) is 0 Å². The summed E-state index contributed by atoms with van der Waals surface area (Å²) < 4.78 is 7.90. The molecule has 1 aromatic carbocycles. The molecule has 0 amide bonds. The van der Waals surface area contributed by atoms with Crippen LogP contribution in [0.2, 0.25) is 0 Å². The fraction of sp³-hybridized carbons (Fsp3) is 0.111. The fourth-order valence-corrected chi connectivity index (χ4v) is 1.55. The van der Waals surface area contributed by atoms with Crippen molar-refractivity contribution in [2.75, 3.05) is 11.1 Å². The van der Waals surface area contributed by atoms with Crippen LogP contribution in [0, 0.1) is 0 Å². The lowest BCUT2D eigenvalue weighted by molar-refractivity contribution is 1.13. The van der Waals surface area contributed by atoms with Crippen molar-refractivity contribution in [1.29, 1.82) is 0 Å². The minimum Gasteiger partial charge on any atom is -0.380 e. The van der Waals surface area contributed by atoms with Crippen molar-refractivity contribution in [2.45, 2.75) is 6.54 Å². The lowest BCUT2D eigenvalue weighted by atomic mass is 10.2. The van der Waals surface area contributed by atoms with Gasteiger partial charge < -0.3 is 11.1 Å². The van der Waals surface area contributed by atoms with E-state index in [1.165, 1.54) is 5.56 Å². The average molecular weight is 206 g/mol. The van der Waals surface area contributed by atoms with Crippen molar-refractivity contribution in [1.82, 2.24) is 8.75 Å². The lowest BCUT2D eigenvalue weighted by Gasteiger charge is -2.02. The molecular formula is C9H10N4S. The number of nitrogens with one attached hydrogen (secondary N) is 1. The third-order valence-corrected chi connectivity index (χ3v) is 2.36. The molecule has 0 saturated heterocycles. The number of anilines is 2. The van der Waals surface area contributed by atoms with E-state index in [9.17, 15) is 0 Å². The fourth-order valence-electron chi connectivity index (χ4n) is 1.10. The highest BCUT2D eigenvalue weighted by Gasteiger charge is 2.01. The van der Waals surface area contributed by atoms with Crippen LogP contribution in [-0.2, 0) is 6.54 Å². The maximum absolute atomic E-state index is 5.58. The lowest BCUT2D eigenvalue weighted by Crippen LogP contribution is -2.01. The minimum absolute atomic E-state index is 0.464. The van der Waals surface area contributed by atoms with Crippen LogP contribution in [0.1, 0.15) is 5.56 Å². The van der Waals surface area contributed by atoms with Gasteiger partial charge in [-0.15, -0.1) is 0 Å². The van der Waals surface area contributed by atoms with E-state index in [0.29, 0.717) is 11.6 Å². The van der Waals surface area contributed by atoms with Crippen molar-refractivity contribution in [3.63, 3.8) is 0 Å². The molecule has 0 aliphatic rings. The first-order valence-corrected chi connectivity index (χ1v) is 4.95. The zero-order valence-electron chi connectivity index (χ0n) is 7.47. The molecule has 1 heterocycles. The van der Waals surface area contributed by atoms with Crippen LogP contribution in [0.5, 0.6) is 0 Å². The number of nitrogens with zero attached hydrogens (tertiary/aromatic N) is 2. The number of nitrogen functional groups attached to an aromatic ring is 1. The van der Waals surface area contributed by atoms with Gasteiger partial charge in [0.15, 0.2) is 11.6 Å². The average Bonchev–Trinajstić information content (AvgIpc) is 2.63. The van der Waals surface area contributed by atoms with Crippen molar-refractivity contribution < 1.29 is 0 Å². The van der Waals surface area contributed by atoms with Gasteiger partial charge >= 0.3 is 0 Å². The molecule has 0 aliphatic carbocycles. The molecule has 0 spiro atoms. The van der Waals surface area contributed by atoms with E-state index in [4.69, 9.17) is 5.73 Å². The summed E-state index contributed by atoms with van der Waals surface area (Å²) in [6.07, 6.45) is 0. The number of hydrogen-bond acceptors (Lipinski definition) is 5. The zero-order valence-corrected chi connectivity index (χ0v) is 8.29. The summed E-state index contributed by atoms with van der Waals surface area (Å²) in [6.45, 7) is 0.719. The van der Waals surface area contributed by atoms with Crippen LogP contribution in [0.4, 0.5) is 11.6 Å². The van der Waals surface area contributed by atoms with Gasteiger partial charge in [-0.2, -0.15) is 8.75 Å². The van der Waals surface area contributed by atoms with Crippen LogP contribution >= 0.6 is 11.7 Å². The molecule has 0 saturated carbocycles. The molecule has 0 atom stereocenters. The number of rotatable bonds is 3. The van der Waals surface area contributed by atoms with E-state index < -0.39 is 0 Å². The molecule has 0 unspecified atom stereocenters. The van der Waals surface area contributed by atoms with Gasteiger partial charge in [0, 0.05) is 6.54 Å². The van der Waals surface area contributed by atoms with Crippen LogP contribution in [0.3, 0.4) is 0 Å². The highest BCUT2D eigenvalue weighted by atomic mass is 32.1. The summed E-state index contributed by atoms with van der Waals surface area (Å²) in [7, 11) is 0. The second kappa shape index (κ2) is 4.06. The van der Waals surface area contributed by atoms with Gasteiger partial charge in [0.2, 0.25) is 0 Å². The second-order valence-electron chi connectivity index (χ2n) is 2.84. The number of aromatic nitrogens is 2. The molecule has 72 valence electrons. The Labute approximate surface area is 86.1 Å². The Morgan fingerprint density at radius 3 is 2.64 bits per heavy atom. The molecule has 1 aromatic heterocycles. The Morgan fingerprint density at radius 2 is 2.00 bits per heavy atom. The first kappa shape index (κ1) is 8.96. The highest BCUT2D eigenvalue weighted by molar-refractivity contribution is 6.99. The molecule has 3 N–H and O–H groups in total. The highest BCUT2D eigenvalue weighted by Crippen LogP contribution is 2.14. The smallest absolute Gasteiger partial charge is 0.184 e. The molecule has 14 heavy (non-hydrogen) atoms. The predicted octanol–water partition coefficient (Wildman–Crippen LogP) is 1.73. The summed E-state index contributed by atoms with van der Waals surface area (Å²) in [5.41, 5.74) is 6.77. The van der Waals surface area contributed by atoms with E-state index in [-0.39, 0.29) is 0 Å². The monoisotopic (exact) mass is 206 g/mol. The van der Waals surface area contributed by atoms with Gasteiger partial charge in [0.25, 0.3) is 0 Å². The second-order valence-corrected chi connectivity index (χ2v) is 3.37. The first-order valence-electron chi connectivity index (χ1n) is 4.22. The number of hydrogen-bond donors (Lipinski definition) is 2. The van der Waals surface area contributed by atoms with Crippen molar-refractivity contribution in [3.05, 3.63) is 35.9 Å². The predicted molar refractivity (Wildman–Crippen MR) is 58.1 cm³/mol. The van der Waals surface area contributed by atoms with Crippen LogP contribution in [0.25, 0.3) is 0 Å². The van der Waals surface area contributed by atoms with Crippen LogP contribution in [-0.4, -0.2) is 8.75 Å². The molecule has 0 bridgehead atoms. The van der Waals surface area contributed by atoms with E-state index >= 15 is 0 Å². The van der Waals surface area contributed by atoms with Gasteiger partial charge in [-0.25, -0.2) is 0 Å². The SMILES string of the molecule is Nc1nsnc1NCc1ccccc1. The standard InChI is InChI=1S/C9H10N4S/c10-8-9(13-14-12-8)11-6-7-4-2-1-3-5-7/h1-5H,6H2,(H2,10,12)(H,11,13). The van der Waals surface area contributed by atoms with Gasteiger partial charge in [0.1, 0.15) is 0 Å². The summed E-state index contributed by atoms with van der Waals surface area (Å²) >= 11 is 1.11. The molecule has 5 heteroatoms. The van der Waals surface area contributed by atoms with Crippen molar-refractivity contribution >= 4 is 23.4 Å². The summed E-state index contributed by atoms with van der Waals surface area (Å²) in [5, 5.41) is 3.12. The van der Waals surface area contributed by atoms with E-state index in [0.717, 1.165) is 18.3 Å². The van der Waals surface area contributed by atoms with Crippen LogP contribution in [0.15, 0.2) is 30.3 Å². The third-order valence-electron chi connectivity index (χ3n) is 1.82. The van der Waals surface area contributed by atoms with E-state index in [1.54, 1.807) is 0 Å². The Hall–Kier alpha value is -1.62. The summed E-state index contributed by atoms with van der Waals surface area (Å²) in [4.78, 5) is 0. The van der Waals surface area contributed by atoms with Gasteiger partial charge in [-0.05, 0) is 5.56 Å².